The smallest absolute Gasteiger partial charge is 0.222 e. The molecule has 0 aromatic carbocycles. The van der Waals surface area contributed by atoms with Gasteiger partial charge in [-0.3, -0.25) is 9.59 Å². The summed E-state index contributed by atoms with van der Waals surface area (Å²) in [7, 11) is 0. The molecule has 0 aromatic rings. The van der Waals surface area contributed by atoms with Crippen molar-refractivity contribution in [3.05, 3.63) is 0 Å². The molecule has 2 saturated heterocycles. The van der Waals surface area contributed by atoms with Crippen LogP contribution in [0.1, 0.15) is 58.3 Å². The Morgan fingerprint density at radius 3 is 2.58 bits per heavy atom. The van der Waals surface area contributed by atoms with E-state index in [0.29, 0.717) is 18.7 Å². The van der Waals surface area contributed by atoms with E-state index in [1.54, 1.807) is 0 Å². The van der Waals surface area contributed by atoms with E-state index in [1.807, 2.05) is 4.90 Å². The Kier molecular flexibility index (Phi) is 4.83. The first-order chi connectivity index (χ1) is 9.15. The minimum absolute atomic E-state index is 0.149. The largest absolute Gasteiger partial charge is 0.356 e. The van der Waals surface area contributed by atoms with E-state index in [9.17, 15) is 9.59 Å². The minimum Gasteiger partial charge on any atom is -0.356 e. The van der Waals surface area contributed by atoms with E-state index in [-0.39, 0.29) is 11.3 Å². The number of hydrogen-bond acceptors (Lipinski definition) is 2. The van der Waals surface area contributed by atoms with Gasteiger partial charge in [-0.05, 0) is 24.7 Å². The molecule has 0 atom stereocenters. The van der Waals surface area contributed by atoms with Crippen LogP contribution in [0.5, 0.6) is 0 Å². The Bertz CT molecular complexity index is 333. The maximum Gasteiger partial charge on any atom is 0.222 e. The molecule has 1 N–H and O–H groups in total. The zero-order chi connectivity index (χ0) is 13.7. The summed E-state index contributed by atoms with van der Waals surface area (Å²) in [6, 6.07) is 0. The van der Waals surface area contributed by atoms with Gasteiger partial charge in [0.2, 0.25) is 11.8 Å². The second-order valence-electron chi connectivity index (χ2n) is 6.14. The predicted octanol–water partition coefficient (Wildman–Crippen LogP) is 2.09. The normalized spacial score (nSPS) is 21.7. The summed E-state index contributed by atoms with van der Waals surface area (Å²) < 4.78 is 0. The number of carbonyl (C=O) groups is 2. The van der Waals surface area contributed by atoms with Crippen LogP contribution < -0.4 is 5.32 Å². The maximum atomic E-state index is 12.1. The lowest BCUT2D eigenvalue weighted by Gasteiger charge is -2.38. The second-order valence-corrected chi connectivity index (χ2v) is 6.14. The van der Waals surface area contributed by atoms with E-state index in [1.165, 1.54) is 19.3 Å². The average molecular weight is 266 g/mol. The molecule has 2 aliphatic rings. The fourth-order valence-corrected chi connectivity index (χ4v) is 3.20. The maximum absolute atomic E-state index is 12.1. The van der Waals surface area contributed by atoms with Crippen LogP contribution in [-0.2, 0) is 9.59 Å². The van der Waals surface area contributed by atoms with Crippen LogP contribution in [0.2, 0.25) is 0 Å². The standard InChI is InChI=1S/C15H26N2O2/c1-2-3-4-5-6-14(19)17-9-7-15(8-10-17)11-13(18)16-12-15/h2-12H2,1H3,(H,16,18). The van der Waals surface area contributed by atoms with Crippen molar-refractivity contribution in [1.82, 2.24) is 10.2 Å². The van der Waals surface area contributed by atoms with Gasteiger partial charge in [-0.15, -0.1) is 0 Å². The highest BCUT2D eigenvalue weighted by Crippen LogP contribution is 2.37. The molecule has 2 amide bonds. The van der Waals surface area contributed by atoms with Crippen molar-refractivity contribution in [2.45, 2.75) is 58.3 Å². The molecule has 108 valence electrons. The fourth-order valence-electron chi connectivity index (χ4n) is 3.20. The zero-order valence-electron chi connectivity index (χ0n) is 12.0. The molecule has 4 nitrogen and oxygen atoms in total. The van der Waals surface area contributed by atoms with E-state index in [0.717, 1.165) is 38.9 Å². The first kappa shape index (κ1) is 14.4. The number of carbonyl (C=O) groups excluding carboxylic acids is 2. The van der Waals surface area contributed by atoms with Crippen LogP contribution in [0.25, 0.3) is 0 Å². The van der Waals surface area contributed by atoms with E-state index in [2.05, 4.69) is 12.2 Å². The molecule has 0 radical (unpaired) electrons. The Morgan fingerprint density at radius 2 is 2.00 bits per heavy atom. The Morgan fingerprint density at radius 1 is 1.26 bits per heavy atom. The molecule has 2 fully saturated rings. The topological polar surface area (TPSA) is 49.4 Å². The molecule has 4 heteroatoms. The second kappa shape index (κ2) is 6.40. The first-order valence-electron chi connectivity index (χ1n) is 7.70. The van der Waals surface area contributed by atoms with Crippen LogP contribution in [-0.4, -0.2) is 36.3 Å². The number of nitrogens with zero attached hydrogens (tertiary/aromatic N) is 1. The number of likely N-dealkylation sites (tertiary alicyclic amines) is 1. The third-order valence-electron chi connectivity index (χ3n) is 4.62. The van der Waals surface area contributed by atoms with Crippen molar-refractivity contribution >= 4 is 11.8 Å². The van der Waals surface area contributed by atoms with E-state index >= 15 is 0 Å². The van der Waals surface area contributed by atoms with Crippen molar-refractivity contribution in [2.75, 3.05) is 19.6 Å². The van der Waals surface area contributed by atoms with Crippen molar-refractivity contribution in [3.63, 3.8) is 0 Å². The molecule has 2 rings (SSSR count). The van der Waals surface area contributed by atoms with Crippen molar-refractivity contribution in [1.29, 1.82) is 0 Å². The van der Waals surface area contributed by atoms with Gasteiger partial charge in [0.25, 0.3) is 0 Å². The van der Waals surface area contributed by atoms with E-state index < -0.39 is 0 Å². The lowest BCUT2D eigenvalue weighted by atomic mass is 9.77. The van der Waals surface area contributed by atoms with Crippen LogP contribution in [0, 0.1) is 5.41 Å². The lowest BCUT2D eigenvalue weighted by Crippen LogP contribution is -2.43. The van der Waals surface area contributed by atoms with Crippen LogP contribution in [0.3, 0.4) is 0 Å². The van der Waals surface area contributed by atoms with Gasteiger partial charge in [0.05, 0.1) is 0 Å². The average Bonchev–Trinajstić information content (AvgIpc) is 2.76. The van der Waals surface area contributed by atoms with Crippen LogP contribution in [0.15, 0.2) is 0 Å². The van der Waals surface area contributed by atoms with Gasteiger partial charge < -0.3 is 10.2 Å². The third-order valence-corrected chi connectivity index (χ3v) is 4.62. The molecule has 0 unspecified atom stereocenters. The van der Waals surface area contributed by atoms with Gasteiger partial charge >= 0.3 is 0 Å². The van der Waals surface area contributed by atoms with Gasteiger partial charge in [0.1, 0.15) is 0 Å². The highest BCUT2D eigenvalue weighted by molar-refractivity contribution is 5.79. The number of amides is 2. The summed E-state index contributed by atoms with van der Waals surface area (Å²) in [6.45, 7) is 4.66. The molecular formula is C15H26N2O2. The third kappa shape index (κ3) is 3.71. The first-order valence-corrected chi connectivity index (χ1v) is 7.70. The Balaban J connectivity index is 1.70. The van der Waals surface area contributed by atoms with Crippen molar-refractivity contribution in [3.8, 4) is 0 Å². The Hall–Kier alpha value is -1.06. The molecule has 19 heavy (non-hydrogen) atoms. The molecule has 0 aromatic heterocycles. The summed E-state index contributed by atoms with van der Waals surface area (Å²) in [5, 5.41) is 2.93. The van der Waals surface area contributed by atoms with Crippen molar-refractivity contribution < 1.29 is 9.59 Å². The van der Waals surface area contributed by atoms with Gasteiger partial charge in [-0.1, -0.05) is 26.2 Å². The fraction of sp³-hybridized carbons (Fsp3) is 0.867. The van der Waals surface area contributed by atoms with Crippen LogP contribution in [0.4, 0.5) is 0 Å². The predicted molar refractivity (Wildman–Crippen MR) is 74.6 cm³/mol. The van der Waals surface area contributed by atoms with Gasteiger partial charge in [0, 0.05) is 32.5 Å². The summed E-state index contributed by atoms with van der Waals surface area (Å²) in [4.78, 5) is 25.4. The number of hydrogen-bond donors (Lipinski definition) is 1. The van der Waals surface area contributed by atoms with Crippen LogP contribution >= 0.6 is 0 Å². The van der Waals surface area contributed by atoms with Crippen molar-refractivity contribution in [2.24, 2.45) is 5.41 Å². The molecular weight excluding hydrogens is 240 g/mol. The quantitative estimate of drug-likeness (QED) is 0.775. The van der Waals surface area contributed by atoms with Gasteiger partial charge in [-0.25, -0.2) is 0 Å². The summed E-state index contributed by atoms with van der Waals surface area (Å²) >= 11 is 0. The minimum atomic E-state index is 0.149. The number of piperidine rings is 1. The number of unbranched alkanes of at least 4 members (excludes halogenated alkanes) is 3. The molecule has 0 saturated carbocycles. The lowest BCUT2D eigenvalue weighted by molar-refractivity contribution is -0.133. The number of nitrogens with one attached hydrogen (secondary N) is 1. The zero-order valence-corrected chi connectivity index (χ0v) is 12.0. The highest BCUT2D eigenvalue weighted by atomic mass is 16.2. The summed E-state index contributed by atoms with van der Waals surface area (Å²) in [5.41, 5.74) is 0.149. The molecule has 2 aliphatic heterocycles. The summed E-state index contributed by atoms with van der Waals surface area (Å²) in [5.74, 6) is 0.488. The molecule has 1 spiro atoms. The SMILES string of the molecule is CCCCCCC(=O)N1CCC2(CC1)CNC(=O)C2. The Labute approximate surface area is 115 Å². The van der Waals surface area contributed by atoms with Gasteiger partial charge in [-0.2, -0.15) is 0 Å². The molecule has 2 heterocycles. The monoisotopic (exact) mass is 266 g/mol. The highest BCUT2D eigenvalue weighted by Gasteiger charge is 2.41. The van der Waals surface area contributed by atoms with E-state index in [4.69, 9.17) is 0 Å². The molecule has 0 aliphatic carbocycles. The summed E-state index contributed by atoms with van der Waals surface area (Å²) in [6.07, 6.45) is 7.94. The van der Waals surface area contributed by atoms with Gasteiger partial charge in [0.15, 0.2) is 0 Å². The number of rotatable bonds is 5. The molecule has 0 bridgehead atoms.